The van der Waals surface area contributed by atoms with Crippen molar-refractivity contribution in [2.75, 3.05) is 11.9 Å². The molecule has 0 aliphatic carbocycles. The molecule has 0 spiro atoms. The molecule has 0 atom stereocenters. The van der Waals surface area contributed by atoms with Gasteiger partial charge in [-0.2, -0.15) is 50.5 Å². The maximum atomic E-state index is 12.3. The topological polar surface area (TPSA) is 260 Å². The molecule has 0 saturated carbocycles. The van der Waals surface area contributed by atoms with E-state index < -0.39 is 107 Å². The van der Waals surface area contributed by atoms with E-state index in [0.29, 0.717) is 0 Å². The van der Waals surface area contributed by atoms with Crippen LogP contribution in [0.3, 0.4) is 0 Å². The van der Waals surface area contributed by atoms with Crippen LogP contribution in [-0.2, 0) is 85.8 Å². The Labute approximate surface area is 182 Å². The summed E-state index contributed by atoms with van der Waals surface area (Å²) in [7, 11) is -30.0. The first-order valence-electron chi connectivity index (χ1n) is 7.67. The molecule has 3 aliphatic rings. The molecule has 0 radical (unpaired) electrons. The molecular weight excluding hydrogens is 576 g/mol. The van der Waals surface area contributed by atoms with Crippen LogP contribution < -0.4 is 0 Å². The van der Waals surface area contributed by atoms with Gasteiger partial charge in [-0.05, 0) is 0 Å². The van der Waals surface area contributed by atoms with Gasteiger partial charge in [0.05, 0.1) is 0 Å². The van der Waals surface area contributed by atoms with E-state index in [1.54, 1.807) is 0 Å². The predicted molar refractivity (Wildman–Crippen MR) is 94.1 cm³/mol. The predicted octanol–water partition coefficient (Wildman–Crippen LogP) is -3.89. The minimum atomic E-state index is -5.31. The molecule has 3 saturated heterocycles. The Bertz CT molecular complexity index is 1310. The lowest BCUT2D eigenvalue weighted by Gasteiger charge is -2.32. The normalized spacial score (nSPS) is 35.6. The molecule has 0 bridgehead atoms. The Balaban J connectivity index is 1.85. The molecule has 3 heterocycles. The zero-order valence-electron chi connectivity index (χ0n) is 14.9. The van der Waals surface area contributed by atoms with E-state index in [4.69, 9.17) is 0 Å². The van der Waals surface area contributed by atoms with Gasteiger partial charge in [0.2, 0.25) is 14.2 Å². The second kappa shape index (κ2) is 8.01. The van der Waals surface area contributed by atoms with E-state index in [9.17, 15) is 50.5 Å². The summed E-state index contributed by atoms with van der Waals surface area (Å²) in [5.74, 6) is 0. The van der Waals surface area contributed by atoms with E-state index in [-0.39, 0.29) is 0 Å². The molecular formula is C8H12O18S6. The van der Waals surface area contributed by atoms with E-state index in [1.807, 2.05) is 0 Å². The monoisotopic (exact) mass is 588 g/mol. The maximum Gasteiger partial charge on any atom is 0.290 e. The average Bonchev–Trinajstić information content (AvgIpc) is 2.50. The van der Waals surface area contributed by atoms with Crippen molar-refractivity contribution in [3.05, 3.63) is 0 Å². The molecule has 0 amide bonds. The third-order valence-electron chi connectivity index (χ3n) is 3.76. The van der Waals surface area contributed by atoms with Gasteiger partial charge in [0.25, 0.3) is 60.7 Å². The molecule has 0 N–H and O–H groups in total. The number of rotatable bonds is 4. The van der Waals surface area contributed by atoms with Crippen LogP contribution in [0.15, 0.2) is 0 Å². The summed E-state index contributed by atoms with van der Waals surface area (Å²) in [5, 5.41) is -1.61. The van der Waals surface area contributed by atoms with E-state index in [0.717, 1.165) is 0 Å². The zero-order chi connectivity index (χ0) is 24.4. The quantitative estimate of drug-likeness (QED) is 0.284. The van der Waals surface area contributed by atoms with Crippen LogP contribution in [0.1, 0.15) is 12.8 Å². The summed E-state index contributed by atoms with van der Waals surface area (Å²) in [4.78, 5) is 0. The highest BCUT2D eigenvalue weighted by atomic mass is 32.3. The van der Waals surface area contributed by atoms with Crippen LogP contribution in [-0.4, -0.2) is 84.1 Å². The standard InChI is InChI=1S/C8H12O18S6/c9-27(10)4-28(11,12)24-5(23-27)1-8-31(17,18)25-6(26-32(8,19)20)2-7-29(13,14)21-3-22-30(7,15)16/h5-8H,1-4H2. The average molecular weight is 589 g/mol. The number of hydrogen-bond donors (Lipinski definition) is 0. The van der Waals surface area contributed by atoms with Crippen molar-refractivity contribution < 1.29 is 75.6 Å². The summed E-state index contributed by atoms with van der Waals surface area (Å²) in [5.41, 5.74) is 0. The molecule has 18 nitrogen and oxygen atoms in total. The lowest BCUT2D eigenvalue weighted by Crippen LogP contribution is -2.49. The Hall–Kier alpha value is -0.540. The third kappa shape index (κ3) is 5.57. The summed E-state index contributed by atoms with van der Waals surface area (Å²) >= 11 is 0. The Kier molecular flexibility index (Phi) is 6.52. The SMILES string of the molecule is O=S1(=O)CS(=O)(=O)OC(CC2S(=O)(=O)OC(CC3S(=O)(=O)OCOS3(=O)=O)OS2(=O)=O)O1. The maximum absolute atomic E-state index is 12.3. The zero-order valence-corrected chi connectivity index (χ0v) is 19.8. The summed E-state index contributed by atoms with van der Waals surface area (Å²) in [6.45, 7) is -1.20. The molecule has 3 fully saturated rings. The summed E-state index contributed by atoms with van der Waals surface area (Å²) in [6, 6.07) is 0. The van der Waals surface area contributed by atoms with Gasteiger partial charge in [-0.25, -0.2) is 25.1 Å². The minimum absolute atomic E-state index is 1.20. The van der Waals surface area contributed by atoms with Gasteiger partial charge in [-0.15, -0.1) is 0 Å². The van der Waals surface area contributed by atoms with Crippen LogP contribution in [0.4, 0.5) is 0 Å². The van der Waals surface area contributed by atoms with E-state index in [1.165, 1.54) is 0 Å². The smallest absolute Gasteiger partial charge is 0.239 e. The molecule has 0 aromatic rings. The minimum Gasteiger partial charge on any atom is -0.239 e. The molecule has 188 valence electrons. The van der Waals surface area contributed by atoms with Gasteiger partial charge >= 0.3 is 0 Å². The number of hydrogen-bond acceptors (Lipinski definition) is 18. The first-order chi connectivity index (χ1) is 14.2. The molecule has 3 rings (SSSR count). The Morgan fingerprint density at radius 2 is 0.844 bits per heavy atom. The second-order valence-electron chi connectivity index (χ2n) is 6.13. The third-order valence-corrected chi connectivity index (χ3v) is 15.1. The van der Waals surface area contributed by atoms with Gasteiger partial charge in [-0.1, -0.05) is 0 Å². The molecule has 0 aromatic heterocycles. The lowest BCUT2D eigenvalue weighted by molar-refractivity contribution is -0.0140. The van der Waals surface area contributed by atoms with Crippen LogP contribution in [0.2, 0.25) is 0 Å². The van der Waals surface area contributed by atoms with Crippen LogP contribution in [0, 0.1) is 0 Å². The van der Waals surface area contributed by atoms with Crippen molar-refractivity contribution in [1.82, 2.24) is 0 Å². The van der Waals surface area contributed by atoms with Crippen molar-refractivity contribution in [2.45, 2.75) is 34.6 Å². The van der Waals surface area contributed by atoms with Crippen LogP contribution >= 0.6 is 0 Å². The molecule has 3 aliphatic heterocycles. The van der Waals surface area contributed by atoms with Gasteiger partial charge < -0.3 is 0 Å². The van der Waals surface area contributed by atoms with E-state index in [2.05, 4.69) is 25.1 Å². The fourth-order valence-corrected chi connectivity index (χ4v) is 11.7. The van der Waals surface area contributed by atoms with Crippen molar-refractivity contribution in [2.24, 2.45) is 0 Å². The van der Waals surface area contributed by atoms with Crippen molar-refractivity contribution in [1.29, 1.82) is 0 Å². The van der Waals surface area contributed by atoms with E-state index >= 15 is 0 Å². The van der Waals surface area contributed by atoms with Gasteiger partial charge in [-0.3, -0.25) is 0 Å². The largest absolute Gasteiger partial charge is 0.290 e. The summed E-state index contributed by atoms with van der Waals surface area (Å²) < 4.78 is 162. The first-order valence-corrected chi connectivity index (χ1v) is 16.7. The Morgan fingerprint density at radius 1 is 0.500 bits per heavy atom. The van der Waals surface area contributed by atoms with Crippen LogP contribution in [0.25, 0.3) is 0 Å². The van der Waals surface area contributed by atoms with Gasteiger partial charge in [0, 0.05) is 12.8 Å². The highest BCUT2D eigenvalue weighted by molar-refractivity contribution is 8.06. The molecule has 24 heteroatoms. The first kappa shape index (κ1) is 26.1. The van der Waals surface area contributed by atoms with Crippen molar-refractivity contribution in [3.8, 4) is 0 Å². The highest BCUT2D eigenvalue weighted by Gasteiger charge is 2.54. The van der Waals surface area contributed by atoms with Gasteiger partial charge in [0.1, 0.15) is 0 Å². The molecule has 0 unspecified atom stereocenters. The van der Waals surface area contributed by atoms with Crippen molar-refractivity contribution in [3.63, 3.8) is 0 Å². The van der Waals surface area contributed by atoms with Crippen LogP contribution in [0.5, 0.6) is 0 Å². The highest BCUT2D eigenvalue weighted by Crippen LogP contribution is 2.34. The Morgan fingerprint density at radius 3 is 1.25 bits per heavy atom. The van der Waals surface area contributed by atoms with Crippen molar-refractivity contribution >= 4 is 60.7 Å². The summed E-state index contributed by atoms with van der Waals surface area (Å²) in [6.07, 6.45) is -7.81. The van der Waals surface area contributed by atoms with Gasteiger partial charge in [0.15, 0.2) is 19.4 Å². The lowest BCUT2D eigenvalue weighted by atomic mass is 10.5. The fourth-order valence-electron chi connectivity index (χ4n) is 2.55. The molecule has 32 heavy (non-hydrogen) atoms. The second-order valence-corrected chi connectivity index (χ2v) is 17.4. The molecule has 0 aromatic carbocycles. The fraction of sp³-hybridized carbons (Fsp3) is 1.00.